The number of hydrogen-bond donors (Lipinski definition) is 2. The lowest BCUT2D eigenvalue weighted by Gasteiger charge is -2.37. The number of aliphatic hydroxyl groups excluding tert-OH is 1. The van der Waals surface area contributed by atoms with Crippen LogP contribution in [0.15, 0.2) is 83.1 Å². The first-order valence-corrected chi connectivity index (χ1v) is 15.7. The van der Waals surface area contributed by atoms with Crippen LogP contribution in [-0.4, -0.2) is 25.1 Å². The number of carbonyl (C=O) groups is 1. The number of esters is 1. The number of nitrogens with zero attached hydrogens (tertiary/aromatic N) is 1. The Morgan fingerprint density at radius 1 is 1.05 bits per heavy atom. The zero-order valence-corrected chi connectivity index (χ0v) is 25.6. The van der Waals surface area contributed by atoms with Crippen LogP contribution in [0.1, 0.15) is 75.6 Å². The van der Waals surface area contributed by atoms with Crippen LogP contribution in [-0.2, 0) is 31.4 Å². The third-order valence-corrected chi connectivity index (χ3v) is 9.02. The highest BCUT2D eigenvalue weighted by molar-refractivity contribution is 7.89. The monoisotopic (exact) mass is 586 g/mol. The Bertz CT molecular complexity index is 1650. The molecule has 0 bridgehead atoms. The van der Waals surface area contributed by atoms with Crippen molar-refractivity contribution >= 4 is 16.0 Å². The van der Waals surface area contributed by atoms with E-state index in [1.807, 2.05) is 64.1 Å². The molecule has 0 saturated carbocycles. The van der Waals surface area contributed by atoms with Gasteiger partial charge in [-0.3, -0.25) is 4.72 Å². The van der Waals surface area contributed by atoms with Crippen LogP contribution >= 0.6 is 0 Å². The van der Waals surface area contributed by atoms with E-state index in [1.54, 1.807) is 31.2 Å². The van der Waals surface area contributed by atoms with Crippen LogP contribution in [0.25, 0.3) is 11.1 Å². The molecule has 3 aromatic rings. The molecule has 1 heterocycles. The predicted molar refractivity (Wildman–Crippen MR) is 163 cm³/mol. The van der Waals surface area contributed by atoms with Gasteiger partial charge in [-0.2, -0.15) is 5.26 Å². The summed E-state index contributed by atoms with van der Waals surface area (Å²) < 4.78 is 36.4. The summed E-state index contributed by atoms with van der Waals surface area (Å²) in [6, 6.07) is 22.5. The van der Waals surface area contributed by atoms with Gasteiger partial charge in [0.2, 0.25) is 0 Å². The molecule has 7 nitrogen and oxygen atoms in total. The number of rotatable bonds is 9. The van der Waals surface area contributed by atoms with Crippen LogP contribution in [0, 0.1) is 18.3 Å². The molecule has 1 aliphatic rings. The summed E-state index contributed by atoms with van der Waals surface area (Å²) in [5.41, 5.74) is 1.55. The fourth-order valence-electron chi connectivity index (χ4n) is 5.75. The molecule has 0 aliphatic carbocycles. The number of nitriles is 1. The second kappa shape index (κ2) is 12.0. The number of aliphatic hydroxyl groups is 1. The standard InChI is InChI=1S/C34H38N2O5S/c1-6-18-34(19-17-24-13-9-7-10-14-24)21-27(37)31(32(38)41-34)36-42(39,40)28-20-23(2)26(22-35)30(33(3,4)5)29(28)25-15-11-8-12-16-25/h7-16,20,36-37H,6,17-19,21H2,1-5H3. The van der Waals surface area contributed by atoms with Crippen molar-refractivity contribution in [1.82, 2.24) is 4.72 Å². The fraction of sp³-hybridized carbons (Fsp3) is 0.353. The molecule has 8 heteroatoms. The zero-order chi connectivity index (χ0) is 30.7. The molecule has 0 spiro atoms. The quantitative estimate of drug-likeness (QED) is 0.261. The molecule has 0 amide bonds. The van der Waals surface area contributed by atoms with E-state index in [2.05, 4.69) is 10.8 Å². The van der Waals surface area contributed by atoms with E-state index >= 15 is 0 Å². The Morgan fingerprint density at radius 3 is 2.21 bits per heavy atom. The van der Waals surface area contributed by atoms with Crippen LogP contribution in [0.5, 0.6) is 0 Å². The Labute approximate surface area is 248 Å². The lowest BCUT2D eigenvalue weighted by atomic mass is 9.78. The minimum absolute atomic E-state index is 0.00243. The van der Waals surface area contributed by atoms with Crippen LogP contribution in [0.2, 0.25) is 0 Å². The van der Waals surface area contributed by atoms with Gasteiger partial charge in [0.05, 0.1) is 16.5 Å². The first-order valence-electron chi connectivity index (χ1n) is 14.2. The van der Waals surface area contributed by atoms with Gasteiger partial charge in [-0.25, -0.2) is 13.2 Å². The molecule has 4 rings (SSSR count). The van der Waals surface area contributed by atoms with E-state index in [9.17, 15) is 23.6 Å². The van der Waals surface area contributed by atoms with Crippen LogP contribution < -0.4 is 4.72 Å². The van der Waals surface area contributed by atoms with Crippen molar-refractivity contribution in [1.29, 1.82) is 5.26 Å². The SMILES string of the molecule is CCCC1(CCc2ccccc2)CC(O)=C(NS(=O)(=O)c2cc(C)c(C#N)c(C(C)(C)C)c2-c2ccccc2)C(=O)O1. The molecule has 0 fully saturated rings. The van der Waals surface area contributed by atoms with Gasteiger partial charge < -0.3 is 9.84 Å². The molecule has 220 valence electrons. The van der Waals surface area contributed by atoms with Crippen LogP contribution in [0.4, 0.5) is 0 Å². The number of aryl methyl sites for hydroxylation is 2. The minimum atomic E-state index is -4.42. The molecule has 1 unspecified atom stereocenters. The fourth-order valence-corrected chi connectivity index (χ4v) is 7.15. The van der Waals surface area contributed by atoms with E-state index in [0.29, 0.717) is 47.1 Å². The second-order valence-corrected chi connectivity index (χ2v) is 13.6. The molecule has 2 N–H and O–H groups in total. The van der Waals surface area contributed by atoms with Gasteiger partial charge >= 0.3 is 5.97 Å². The van der Waals surface area contributed by atoms with Gasteiger partial charge in [-0.1, -0.05) is 94.8 Å². The Hall–Kier alpha value is -4.09. The Balaban J connectivity index is 1.78. The zero-order valence-electron chi connectivity index (χ0n) is 24.8. The van der Waals surface area contributed by atoms with Gasteiger partial charge in [-0.15, -0.1) is 0 Å². The topological polar surface area (TPSA) is 116 Å². The third kappa shape index (κ3) is 6.37. The molecule has 3 aromatic carbocycles. The smallest absolute Gasteiger partial charge is 0.359 e. The first-order chi connectivity index (χ1) is 19.8. The summed E-state index contributed by atoms with van der Waals surface area (Å²) in [6.07, 6.45) is 2.38. The minimum Gasteiger partial charge on any atom is -0.510 e. The van der Waals surface area contributed by atoms with Gasteiger partial charge in [0, 0.05) is 12.0 Å². The highest BCUT2D eigenvalue weighted by Gasteiger charge is 2.43. The molecule has 1 aliphatic heterocycles. The van der Waals surface area contributed by atoms with E-state index in [-0.39, 0.29) is 17.1 Å². The highest BCUT2D eigenvalue weighted by atomic mass is 32.2. The molecular weight excluding hydrogens is 548 g/mol. The molecule has 1 atom stereocenters. The number of nitrogens with one attached hydrogen (secondary N) is 1. The van der Waals surface area contributed by atoms with Gasteiger partial charge in [0.15, 0.2) is 5.70 Å². The van der Waals surface area contributed by atoms with Crippen molar-refractivity contribution < 1.29 is 23.1 Å². The number of sulfonamides is 1. The number of hydrogen-bond acceptors (Lipinski definition) is 6. The number of carbonyl (C=O) groups excluding carboxylic acids is 1. The van der Waals surface area contributed by atoms with Crippen molar-refractivity contribution in [2.24, 2.45) is 0 Å². The number of benzene rings is 3. The molecule has 0 radical (unpaired) electrons. The highest BCUT2D eigenvalue weighted by Crippen LogP contribution is 2.42. The first kappa shape index (κ1) is 30.9. The Kier molecular flexibility index (Phi) is 8.84. The maximum absolute atomic E-state index is 14.1. The van der Waals surface area contributed by atoms with Crippen LogP contribution in [0.3, 0.4) is 0 Å². The van der Waals surface area contributed by atoms with E-state index in [1.165, 1.54) is 6.07 Å². The number of cyclic esters (lactones) is 1. The van der Waals surface area contributed by atoms with Crippen molar-refractivity contribution in [2.45, 2.75) is 82.6 Å². The average molecular weight is 587 g/mol. The predicted octanol–water partition coefficient (Wildman–Crippen LogP) is 7.00. The van der Waals surface area contributed by atoms with E-state index < -0.39 is 32.7 Å². The summed E-state index contributed by atoms with van der Waals surface area (Å²) in [7, 11) is -4.42. The molecular formula is C34H38N2O5S. The Morgan fingerprint density at radius 2 is 1.67 bits per heavy atom. The largest absolute Gasteiger partial charge is 0.510 e. The lowest BCUT2D eigenvalue weighted by molar-refractivity contribution is -0.161. The molecule has 0 saturated heterocycles. The van der Waals surface area contributed by atoms with E-state index in [0.717, 1.165) is 12.0 Å². The summed E-state index contributed by atoms with van der Waals surface area (Å²) in [5.74, 6) is -1.26. The van der Waals surface area contributed by atoms with Crippen molar-refractivity contribution in [3.05, 3.63) is 100 Å². The summed E-state index contributed by atoms with van der Waals surface area (Å²) >= 11 is 0. The normalized spacial score (nSPS) is 17.5. The van der Waals surface area contributed by atoms with Gasteiger partial charge in [-0.05, 0) is 59.9 Å². The number of ether oxygens (including phenoxy) is 1. The maximum atomic E-state index is 14.1. The van der Waals surface area contributed by atoms with Crippen molar-refractivity contribution in [2.75, 3.05) is 0 Å². The second-order valence-electron chi connectivity index (χ2n) is 12.0. The van der Waals surface area contributed by atoms with E-state index in [4.69, 9.17) is 4.74 Å². The lowest BCUT2D eigenvalue weighted by Crippen LogP contribution is -2.44. The van der Waals surface area contributed by atoms with Crippen molar-refractivity contribution in [3.8, 4) is 17.2 Å². The summed E-state index contributed by atoms with van der Waals surface area (Å²) in [6.45, 7) is 9.44. The third-order valence-electron chi connectivity index (χ3n) is 7.65. The van der Waals surface area contributed by atoms with Gasteiger partial charge in [0.1, 0.15) is 11.4 Å². The molecule has 0 aromatic heterocycles. The van der Waals surface area contributed by atoms with Crippen molar-refractivity contribution in [3.63, 3.8) is 0 Å². The molecule has 42 heavy (non-hydrogen) atoms. The van der Waals surface area contributed by atoms with Gasteiger partial charge in [0.25, 0.3) is 10.0 Å². The summed E-state index contributed by atoms with van der Waals surface area (Å²) in [4.78, 5) is 13.3. The average Bonchev–Trinajstić information content (AvgIpc) is 2.94. The maximum Gasteiger partial charge on any atom is 0.359 e. The summed E-state index contributed by atoms with van der Waals surface area (Å²) in [5, 5.41) is 21.2.